The van der Waals surface area contributed by atoms with Gasteiger partial charge in [-0.05, 0) is 160 Å². The number of allylic oxidation sites excluding steroid dienone is 5. The van der Waals surface area contributed by atoms with Crippen LogP contribution in [0, 0.1) is 5.92 Å². The molecule has 1 aromatic heterocycles. The van der Waals surface area contributed by atoms with E-state index >= 15 is 0 Å². The van der Waals surface area contributed by atoms with Gasteiger partial charge in [0.1, 0.15) is 6.29 Å². The van der Waals surface area contributed by atoms with Crippen LogP contribution in [0.5, 0.6) is 0 Å². The highest BCUT2D eigenvalue weighted by molar-refractivity contribution is 5.81. The molecule has 0 radical (unpaired) electrons. The van der Waals surface area contributed by atoms with E-state index < -0.39 is 0 Å². The van der Waals surface area contributed by atoms with Crippen LogP contribution in [0.2, 0.25) is 0 Å². The zero-order chi connectivity index (χ0) is 54.6. The number of aromatic nitrogens is 1. The zero-order valence-corrected chi connectivity index (χ0v) is 47.1. The Hall–Kier alpha value is -5.98. The number of fused-ring (bicyclic) bond motifs is 4. The van der Waals surface area contributed by atoms with Gasteiger partial charge in [-0.15, -0.1) is 6.58 Å². The largest absolute Gasteiger partial charge is 0.392 e. The predicted molar refractivity (Wildman–Crippen MR) is 315 cm³/mol. The van der Waals surface area contributed by atoms with Crippen molar-refractivity contribution in [2.45, 2.75) is 156 Å². The molecule has 1 amide bonds. The van der Waals surface area contributed by atoms with Crippen molar-refractivity contribution in [2.75, 3.05) is 33.2 Å². The number of benzene rings is 2. The monoisotopic (exact) mass is 1010 g/mol. The SMILES string of the molecule is C=C(CCC(C=O)n1c(=C)c2c(c1=C)C(C(C)C)=CCC2)NC.C=C1CCC(N2Cc3cc4c(cc3N2C)CN(C(C)C)C4)C(=C)N1.C=CCCC(NC)C(=O)NC.C=Cc1cc2c(cc1C=C)CN(C(C)C)C2. The Labute approximate surface area is 445 Å². The maximum atomic E-state index is 11.7. The Morgan fingerprint density at radius 3 is 1.84 bits per heavy atom. The molecule has 5 aliphatic rings. The van der Waals surface area contributed by atoms with Gasteiger partial charge in [0.2, 0.25) is 5.91 Å². The van der Waals surface area contributed by atoms with E-state index in [1.165, 1.54) is 61.3 Å². The second kappa shape index (κ2) is 27.0. The molecule has 5 heterocycles. The number of likely N-dealkylation sites (N-methyl/N-ethyl adjacent to an activating group) is 2. The summed E-state index contributed by atoms with van der Waals surface area (Å²) in [5, 5.41) is 18.6. The highest BCUT2D eigenvalue weighted by Crippen LogP contribution is 2.39. The maximum Gasteiger partial charge on any atom is 0.236 e. The van der Waals surface area contributed by atoms with Crippen molar-refractivity contribution in [1.29, 1.82) is 0 Å². The molecule has 3 aromatic rings. The summed E-state index contributed by atoms with van der Waals surface area (Å²) in [6, 6.07) is 10.6. The van der Waals surface area contributed by atoms with Crippen molar-refractivity contribution in [1.82, 2.24) is 40.6 Å². The summed E-state index contributed by atoms with van der Waals surface area (Å²) < 4.78 is 2.03. The first kappa shape index (κ1) is 58.9. The molecule has 0 saturated carbocycles. The smallest absolute Gasteiger partial charge is 0.236 e. The number of hydrazine groups is 1. The van der Waals surface area contributed by atoms with E-state index in [2.05, 4.69) is 173 Å². The van der Waals surface area contributed by atoms with Crippen LogP contribution in [0.15, 0.2) is 93.0 Å². The zero-order valence-electron chi connectivity index (χ0n) is 47.1. The molecular weight excluding hydrogens is 915 g/mol. The lowest BCUT2D eigenvalue weighted by Crippen LogP contribution is -2.47. The quantitative estimate of drug-likeness (QED) is 0.0779. The molecular formula is C63H91N9O2. The summed E-state index contributed by atoms with van der Waals surface area (Å²) in [4.78, 5) is 27.8. The van der Waals surface area contributed by atoms with E-state index in [-0.39, 0.29) is 18.0 Å². The number of rotatable bonds is 17. The number of piperidine rings is 1. The van der Waals surface area contributed by atoms with Gasteiger partial charge in [0.15, 0.2) is 0 Å². The van der Waals surface area contributed by atoms with Gasteiger partial charge in [-0.2, -0.15) is 0 Å². The third-order valence-corrected chi connectivity index (χ3v) is 15.4. The van der Waals surface area contributed by atoms with Crippen LogP contribution < -0.4 is 37.0 Å². The van der Waals surface area contributed by atoms with Crippen molar-refractivity contribution < 1.29 is 9.59 Å². The minimum absolute atomic E-state index is 0.0364. The van der Waals surface area contributed by atoms with E-state index in [1.807, 2.05) is 29.8 Å². The molecule has 0 bridgehead atoms. The number of nitrogens with one attached hydrogen (secondary N) is 4. The standard InChI is InChI=1S/C20H28N4.C20H28N2O.C15H19N.C8H16N2O/c1-13(2)23-10-16-8-18-12-24(19-7-6-14(3)21-15(19)4)22(5)20(18)9-17(16)11-23;1-13(2)18-8-7-9-19-15(4)22(16(5)20(18)19)17(12-23)11-10-14(3)21-6;1-5-12-7-14-9-16(11(3)4)10-15(14)8-13(12)6-2;1-4-5-6-7(9-2)8(11)10-3/h8-9,13,19,21H,3-4,6-7,10-12H2,1-2,5H3;8,12-13,17,21H,3-5,7,9-11H2,1-2,6H3;5-8,11H,1-2,9-10H2,3-4H3;4,7,9H,1,5-6H2,2-3H3,(H,10,11). The number of carbonyl (C=O) groups is 2. The van der Waals surface area contributed by atoms with Crippen molar-refractivity contribution in [3.63, 3.8) is 0 Å². The van der Waals surface area contributed by atoms with Crippen molar-refractivity contribution >= 4 is 48.8 Å². The molecule has 11 nitrogen and oxygen atoms in total. The lowest BCUT2D eigenvalue weighted by atomic mass is 9.87. The second-order valence-electron chi connectivity index (χ2n) is 21.2. The van der Waals surface area contributed by atoms with Crippen LogP contribution in [-0.4, -0.2) is 83.9 Å². The Morgan fingerprint density at radius 1 is 0.770 bits per heavy atom. The van der Waals surface area contributed by atoms with E-state index in [0.29, 0.717) is 30.5 Å². The molecule has 74 heavy (non-hydrogen) atoms. The summed E-state index contributed by atoms with van der Waals surface area (Å²) >= 11 is 0. The highest BCUT2D eigenvalue weighted by Gasteiger charge is 2.35. The molecule has 4 N–H and O–H groups in total. The average Bonchev–Trinajstić information content (AvgIpc) is 4.15. The molecule has 1 aliphatic carbocycles. The van der Waals surface area contributed by atoms with Crippen LogP contribution in [-0.2, 0) is 48.7 Å². The average molecular weight is 1010 g/mol. The number of anilines is 1. The van der Waals surface area contributed by atoms with Crippen LogP contribution in [0.25, 0.3) is 30.9 Å². The van der Waals surface area contributed by atoms with Crippen molar-refractivity contribution in [3.8, 4) is 0 Å². The topological polar surface area (TPSA) is 100 Å². The van der Waals surface area contributed by atoms with Crippen molar-refractivity contribution in [2.24, 2.45) is 5.92 Å². The molecule has 400 valence electrons. The summed E-state index contributed by atoms with van der Waals surface area (Å²) in [7, 11) is 7.46. The van der Waals surface area contributed by atoms with E-state index in [4.69, 9.17) is 0 Å². The summed E-state index contributed by atoms with van der Waals surface area (Å²) in [6.45, 7) is 50.8. The van der Waals surface area contributed by atoms with Gasteiger partial charge in [-0.1, -0.05) is 90.3 Å². The molecule has 0 spiro atoms. The number of nitrogens with zero attached hydrogens (tertiary/aromatic N) is 5. The van der Waals surface area contributed by atoms with Gasteiger partial charge in [-0.3, -0.25) is 14.6 Å². The molecule has 8 rings (SSSR count). The second-order valence-corrected chi connectivity index (χ2v) is 21.2. The first-order chi connectivity index (χ1) is 35.3. The van der Waals surface area contributed by atoms with Gasteiger partial charge in [-0.25, -0.2) is 5.01 Å². The Bertz CT molecular complexity index is 2650. The van der Waals surface area contributed by atoms with Crippen LogP contribution in [0.1, 0.15) is 143 Å². The fraction of sp³-hybridized carbons (Fsp3) is 0.460. The summed E-state index contributed by atoms with van der Waals surface area (Å²) in [6.07, 6.45) is 16.2. The summed E-state index contributed by atoms with van der Waals surface area (Å²) in [5.41, 5.74) is 18.0. The van der Waals surface area contributed by atoms with Gasteiger partial charge in [0, 0.05) is 99.3 Å². The number of aldehydes is 1. The molecule has 3 unspecified atom stereocenters. The van der Waals surface area contributed by atoms with Gasteiger partial charge >= 0.3 is 0 Å². The van der Waals surface area contributed by atoms with Crippen LogP contribution in [0.3, 0.4) is 0 Å². The molecule has 3 atom stereocenters. The third kappa shape index (κ3) is 13.8. The molecule has 4 aliphatic heterocycles. The molecule has 1 fully saturated rings. The lowest BCUT2D eigenvalue weighted by Gasteiger charge is -2.38. The Balaban J connectivity index is 0.000000190. The van der Waals surface area contributed by atoms with E-state index in [9.17, 15) is 9.59 Å². The molecule has 1 saturated heterocycles. The normalized spacial score (nSPS) is 17.7. The van der Waals surface area contributed by atoms with Crippen LogP contribution in [0.4, 0.5) is 5.69 Å². The van der Waals surface area contributed by atoms with Gasteiger partial charge < -0.3 is 35.6 Å². The van der Waals surface area contributed by atoms with Gasteiger partial charge in [0.25, 0.3) is 0 Å². The lowest BCUT2D eigenvalue weighted by molar-refractivity contribution is -0.122. The van der Waals surface area contributed by atoms with Gasteiger partial charge in [0.05, 0.1) is 23.8 Å². The molecule has 11 heteroatoms. The summed E-state index contributed by atoms with van der Waals surface area (Å²) in [5.74, 6) is 0.484. The van der Waals surface area contributed by atoms with Crippen LogP contribution >= 0.6 is 0 Å². The van der Waals surface area contributed by atoms with E-state index in [0.717, 1.165) is 112 Å². The van der Waals surface area contributed by atoms with Crippen molar-refractivity contribution in [3.05, 3.63) is 154 Å². The third-order valence-electron chi connectivity index (χ3n) is 15.4. The predicted octanol–water partition coefficient (Wildman–Crippen LogP) is 9.89. The minimum Gasteiger partial charge on any atom is -0.392 e. The fourth-order valence-electron chi connectivity index (χ4n) is 10.8. The highest BCUT2D eigenvalue weighted by atomic mass is 16.2. The molecule has 2 aromatic carbocycles. The number of carbonyl (C=O) groups excluding carboxylic acids is 2. The number of amides is 1. The fourth-order valence-corrected chi connectivity index (χ4v) is 10.8. The minimum atomic E-state index is -0.237. The van der Waals surface area contributed by atoms with E-state index in [1.54, 1.807) is 14.1 Å². The maximum absolute atomic E-state index is 11.7. The first-order valence-corrected chi connectivity index (χ1v) is 26.9. The first-order valence-electron chi connectivity index (χ1n) is 26.9. The Morgan fingerprint density at radius 2 is 1.35 bits per heavy atom. The Kier molecular flexibility index (Phi) is 21.5. The number of hydrogen-bond acceptors (Lipinski definition) is 9. The number of hydrogen-bond donors (Lipinski definition) is 4.